The number of nitrogens with one attached hydrogen (secondary N) is 1. The smallest absolute Gasteiger partial charge is 0.251 e. The van der Waals surface area contributed by atoms with Crippen LogP contribution < -0.4 is 10.2 Å². The van der Waals surface area contributed by atoms with Crippen molar-refractivity contribution in [3.05, 3.63) is 29.8 Å². The predicted octanol–water partition coefficient (Wildman–Crippen LogP) is 2.58. The van der Waals surface area contributed by atoms with E-state index in [0.717, 1.165) is 38.0 Å². The van der Waals surface area contributed by atoms with Gasteiger partial charge in [-0.3, -0.25) is 4.79 Å². The molecule has 1 aromatic carbocycles. The number of anilines is 1. The Kier molecular flexibility index (Phi) is 5.35. The van der Waals surface area contributed by atoms with E-state index in [4.69, 9.17) is 4.74 Å². The van der Waals surface area contributed by atoms with Gasteiger partial charge in [-0.2, -0.15) is 0 Å². The molecule has 25 heavy (non-hydrogen) atoms. The highest BCUT2D eigenvalue weighted by Gasteiger charge is 2.49. The molecule has 3 rings (SSSR count). The Bertz CT molecular complexity index is 591. The van der Waals surface area contributed by atoms with Crippen molar-refractivity contribution >= 4 is 11.6 Å². The molecule has 2 aliphatic rings. The van der Waals surface area contributed by atoms with Crippen molar-refractivity contribution in [3.8, 4) is 0 Å². The summed E-state index contributed by atoms with van der Waals surface area (Å²) in [6.45, 7) is 8.74. The monoisotopic (exact) mass is 346 g/mol. The molecule has 2 N–H and O–H groups in total. The van der Waals surface area contributed by atoms with Crippen LogP contribution in [0.5, 0.6) is 0 Å². The molecule has 2 atom stereocenters. The van der Waals surface area contributed by atoms with Gasteiger partial charge in [-0.15, -0.1) is 0 Å². The van der Waals surface area contributed by atoms with E-state index < -0.39 is 0 Å². The summed E-state index contributed by atoms with van der Waals surface area (Å²) in [6.07, 6.45) is 2.54. The molecule has 0 unspecified atom stereocenters. The fourth-order valence-corrected chi connectivity index (χ4v) is 3.80. The summed E-state index contributed by atoms with van der Waals surface area (Å²) in [7, 11) is 0. The Labute approximate surface area is 150 Å². The van der Waals surface area contributed by atoms with Gasteiger partial charge in [-0.05, 0) is 50.5 Å². The van der Waals surface area contributed by atoms with E-state index in [1.165, 1.54) is 0 Å². The highest BCUT2D eigenvalue weighted by molar-refractivity contribution is 5.94. The Balaban J connectivity index is 1.56. The maximum Gasteiger partial charge on any atom is 0.251 e. The van der Waals surface area contributed by atoms with Crippen molar-refractivity contribution in [1.82, 2.24) is 5.32 Å². The van der Waals surface area contributed by atoms with Crippen LogP contribution in [0.25, 0.3) is 0 Å². The minimum atomic E-state index is -0.173. The third-order valence-electron chi connectivity index (χ3n) is 5.81. The quantitative estimate of drug-likeness (QED) is 0.860. The molecule has 0 bridgehead atoms. The third-order valence-corrected chi connectivity index (χ3v) is 5.81. The van der Waals surface area contributed by atoms with Crippen molar-refractivity contribution in [1.29, 1.82) is 0 Å². The zero-order valence-corrected chi connectivity index (χ0v) is 15.5. The number of aliphatic hydroxyl groups excluding tert-OH is 1. The summed E-state index contributed by atoms with van der Waals surface area (Å²) in [5.41, 5.74) is 1.78. The zero-order valence-electron chi connectivity index (χ0n) is 15.5. The summed E-state index contributed by atoms with van der Waals surface area (Å²) < 4.78 is 5.73. The van der Waals surface area contributed by atoms with Crippen LogP contribution in [0.15, 0.2) is 24.3 Å². The van der Waals surface area contributed by atoms with Gasteiger partial charge < -0.3 is 20.1 Å². The number of rotatable bonds is 5. The fourth-order valence-electron chi connectivity index (χ4n) is 3.80. The van der Waals surface area contributed by atoms with Crippen molar-refractivity contribution in [2.45, 2.75) is 58.3 Å². The number of carbonyl (C=O) groups is 1. The van der Waals surface area contributed by atoms with Crippen LogP contribution in [-0.4, -0.2) is 49.0 Å². The van der Waals surface area contributed by atoms with Crippen LogP contribution in [-0.2, 0) is 4.74 Å². The molecular formula is C20H30N2O3. The van der Waals surface area contributed by atoms with E-state index >= 15 is 0 Å². The third kappa shape index (κ3) is 3.82. The zero-order chi connectivity index (χ0) is 18.0. The first-order valence-electron chi connectivity index (χ1n) is 9.37. The molecular weight excluding hydrogens is 316 g/mol. The molecule has 1 heterocycles. The van der Waals surface area contributed by atoms with Crippen LogP contribution in [0.1, 0.15) is 50.4 Å². The second kappa shape index (κ2) is 7.34. The number of hydrogen-bond acceptors (Lipinski definition) is 4. The number of piperidine rings is 1. The van der Waals surface area contributed by atoms with Gasteiger partial charge >= 0.3 is 0 Å². The largest absolute Gasteiger partial charge is 0.393 e. The molecule has 1 saturated heterocycles. The minimum Gasteiger partial charge on any atom is -0.393 e. The first-order chi connectivity index (χ1) is 11.9. The van der Waals surface area contributed by atoms with Crippen molar-refractivity contribution in [2.24, 2.45) is 5.41 Å². The number of ether oxygens (including phenoxy) is 1. The average molecular weight is 346 g/mol. The molecule has 0 spiro atoms. The van der Waals surface area contributed by atoms with E-state index in [2.05, 4.69) is 24.1 Å². The summed E-state index contributed by atoms with van der Waals surface area (Å²) in [4.78, 5) is 14.8. The summed E-state index contributed by atoms with van der Waals surface area (Å²) in [5.74, 6) is -0.0198. The lowest BCUT2D eigenvalue weighted by molar-refractivity contribution is -0.111. The molecule has 0 aromatic heterocycles. The first kappa shape index (κ1) is 18.2. The van der Waals surface area contributed by atoms with Crippen molar-refractivity contribution in [3.63, 3.8) is 0 Å². The van der Waals surface area contributed by atoms with E-state index in [0.29, 0.717) is 12.2 Å². The highest BCUT2D eigenvalue weighted by atomic mass is 16.5. The van der Waals surface area contributed by atoms with Crippen LogP contribution in [0.3, 0.4) is 0 Å². The van der Waals surface area contributed by atoms with Crippen molar-refractivity contribution in [2.75, 3.05) is 24.6 Å². The average Bonchev–Trinajstić information content (AvgIpc) is 2.61. The van der Waals surface area contributed by atoms with Gasteiger partial charge in [0.15, 0.2) is 0 Å². The lowest BCUT2D eigenvalue weighted by atomic mass is 9.64. The molecule has 5 heteroatoms. The van der Waals surface area contributed by atoms with Gasteiger partial charge in [0.2, 0.25) is 0 Å². The number of carbonyl (C=O) groups excluding carboxylic acids is 1. The Morgan fingerprint density at radius 1 is 1.28 bits per heavy atom. The molecule has 1 aromatic rings. The molecule has 1 saturated carbocycles. The van der Waals surface area contributed by atoms with Crippen LogP contribution in [0.4, 0.5) is 5.69 Å². The molecule has 0 radical (unpaired) electrons. The SMILES string of the molecule is CCO[C@@H]1C[C@H](NC(=O)c2ccc(N3CCC(O)CC3)cc2)C1(C)C. The molecule has 1 aliphatic heterocycles. The normalized spacial score (nSPS) is 26.2. The van der Waals surface area contributed by atoms with E-state index in [9.17, 15) is 9.90 Å². The van der Waals surface area contributed by atoms with Gasteiger partial charge in [-0.25, -0.2) is 0 Å². The molecule has 138 valence electrons. The standard InChI is InChI=1S/C20H30N2O3/c1-4-25-18-13-17(20(18,2)3)21-19(24)14-5-7-15(8-6-14)22-11-9-16(23)10-12-22/h5-8,16-18,23H,4,9-13H2,1-3H3,(H,21,24)/t17-,18+/m0/s1. The minimum absolute atomic E-state index is 0.0198. The van der Waals surface area contributed by atoms with E-state index in [-0.39, 0.29) is 29.6 Å². The Morgan fingerprint density at radius 3 is 2.48 bits per heavy atom. The summed E-state index contributed by atoms with van der Waals surface area (Å²) in [6, 6.07) is 7.94. The maximum absolute atomic E-state index is 12.5. The van der Waals surface area contributed by atoms with Crippen LogP contribution in [0.2, 0.25) is 0 Å². The van der Waals surface area contributed by atoms with Gasteiger partial charge in [0.1, 0.15) is 0 Å². The van der Waals surface area contributed by atoms with Crippen LogP contribution in [0, 0.1) is 5.41 Å². The van der Waals surface area contributed by atoms with Crippen molar-refractivity contribution < 1.29 is 14.6 Å². The first-order valence-corrected chi connectivity index (χ1v) is 9.37. The molecule has 1 amide bonds. The van der Waals surface area contributed by atoms with Gasteiger partial charge in [0.25, 0.3) is 5.91 Å². The molecule has 5 nitrogen and oxygen atoms in total. The Morgan fingerprint density at radius 2 is 1.92 bits per heavy atom. The fraction of sp³-hybridized carbons (Fsp3) is 0.650. The number of amides is 1. The second-order valence-electron chi connectivity index (χ2n) is 7.79. The van der Waals surface area contributed by atoms with Gasteiger partial charge in [0.05, 0.1) is 12.2 Å². The van der Waals surface area contributed by atoms with Gasteiger partial charge in [-0.1, -0.05) is 13.8 Å². The van der Waals surface area contributed by atoms with Crippen LogP contribution >= 0.6 is 0 Å². The summed E-state index contributed by atoms with van der Waals surface area (Å²) >= 11 is 0. The number of nitrogens with zero attached hydrogens (tertiary/aromatic N) is 1. The Hall–Kier alpha value is -1.59. The molecule has 1 aliphatic carbocycles. The number of aliphatic hydroxyl groups is 1. The highest BCUT2D eigenvalue weighted by Crippen LogP contribution is 2.42. The lowest BCUT2D eigenvalue weighted by Gasteiger charge is -2.51. The second-order valence-corrected chi connectivity index (χ2v) is 7.79. The van der Waals surface area contributed by atoms with E-state index in [1.54, 1.807) is 0 Å². The topological polar surface area (TPSA) is 61.8 Å². The van der Waals surface area contributed by atoms with E-state index in [1.807, 2.05) is 31.2 Å². The number of hydrogen-bond donors (Lipinski definition) is 2. The maximum atomic E-state index is 12.5. The number of benzene rings is 1. The lowest BCUT2D eigenvalue weighted by Crippen LogP contribution is -2.62. The summed E-state index contributed by atoms with van der Waals surface area (Å²) in [5, 5.41) is 12.8. The van der Waals surface area contributed by atoms with Gasteiger partial charge in [0, 0.05) is 42.4 Å². The molecule has 2 fully saturated rings. The predicted molar refractivity (Wildman–Crippen MR) is 99.0 cm³/mol.